The summed E-state index contributed by atoms with van der Waals surface area (Å²) < 4.78 is 5.52. The third-order valence-corrected chi connectivity index (χ3v) is 4.48. The van der Waals surface area contributed by atoms with Gasteiger partial charge in [0.1, 0.15) is 18.1 Å². The van der Waals surface area contributed by atoms with Gasteiger partial charge in [0.05, 0.1) is 22.4 Å². The van der Waals surface area contributed by atoms with Gasteiger partial charge < -0.3 is 9.21 Å². The van der Waals surface area contributed by atoms with Gasteiger partial charge in [-0.15, -0.1) is 11.8 Å². The second kappa shape index (κ2) is 4.83. The summed E-state index contributed by atoms with van der Waals surface area (Å²) in [7, 11) is 0. The fraction of sp³-hybridized carbons (Fsp3) is 0.286. The fourth-order valence-corrected chi connectivity index (χ4v) is 3.38. The summed E-state index contributed by atoms with van der Waals surface area (Å²) in [5, 5.41) is 3.53. The zero-order chi connectivity index (χ0) is 13.4. The van der Waals surface area contributed by atoms with Gasteiger partial charge >= 0.3 is 0 Å². The van der Waals surface area contributed by atoms with Gasteiger partial charge in [-0.25, -0.2) is 0 Å². The molecule has 2 atom stereocenters. The Morgan fingerprint density at radius 3 is 3.05 bits per heavy atom. The minimum Gasteiger partial charge on any atom is -0.464 e. The van der Waals surface area contributed by atoms with E-state index < -0.39 is 0 Å². The smallest absolute Gasteiger partial charge is 0.198 e. The van der Waals surface area contributed by atoms with E-state index >= 15 is 0 Å². The van der Waals surface area contributed by atoms with Gasteiger partial charge in [-0.1, -0.05) is 11.6 Å². The first-order valence-electron chi connectivity index (χ1n) is 6.04. The Hall–Kier alpha value is -1.59. The van der Waals surface area contributed by atoms with Crippen molar-refractivity contribution in [3.63, 3.8) is 0 Å². The molecule has 1 fully saturated rings. The van der Waals surface area contributed by atoms with E-state index in [9.17, 15) is 9.59 Å². The van der Waals surface area contributed by atoms with Crippen molar-refractivity contribution in [2.75, 3.05) is 5.75 Å². The second-order valence-electron chi connectivity index (χ2n) is 4.64. The summed E-state index contributed by atoms with van der Waals surface area (Å²) in [6, 6.07) is 5.36. The van der Waals surface area contributed by atoms with Crippen molar-refractivity contribution in [2.45, 2.75) is 18.3 Å². The molecule has 1 aromatic heterocycles. The van der Waals surface area contributed by atoms with Crippen molar-refractivity contribution >= 4 is 29.0 Å². The fourth-order valence-electron chi connectivity index (χ4n) is 2.19. The maximum atomic E-state index is 12.5. The summed E-state index contributed by atoms with van der Waals surface area (Å²) in [5.41, 5.74) is 2.16. The normalized spacial score (nSPS) is 22.8. The highest BCUT2D eigenvalue weighted by Crippen LogP contribution is 2.31. The van der Waals surface area contributed by atoms with Crippen LogP contribution in [0.1, 0.15) is 16.5 Å². The van der Waals surface area contributed by atoms with E-state index in [1.54, 1.807) is 17.8 Å². The van der Waals surface area contributed by atoms with E-state index in [1.165, 1.54) is 6.26 Å². The van der Waals surface area contributed by atoms with Crippen LogP contribution in [0.2, 0.25) is 0 Å². The predicted octanol–water partition coefficient (Wildman–Crippen LogP) is 2.00. The molecule has 1 aliphatic rings. The average Bonchev–Trinajstić information content (AvgIpc) is 2.88. The molecular weight excluding hydrogens is 262 g/mol. The molecule has 1 aromatic carbocycles. The van der Waals surface area contributed by atoms with Crippen LogP contribution >= 0.6 is 11.8 Å². The molecule has 0 radical (unpaired) electrons. The van der Waals surface area contributed by atoms with Crippen LogP contribution < -0.4 is 10.7 Å². The van der Waals surface area contributed by atoms with Crippen molar-refractivity contribution in [3.05, 3.63) is 45.8 Å². The van der Waals surface area contributed by atoms with E-state index in [4.69, 9.17) is 4.42 Å². The highest BCUT2D eigenvalue weighted by atomic mass is 32.2. The summed E-state index contributed by atoms with van der Waals surface area (Å²) in [6.07, 6.45) is 2.37. The number of carbonyl (C=O) groups excluding carboxylic acids is 1. The average molecular weight is 275 g/mol. The lowest BCUT2D eigenvalue weighted by Crippen LogP contribution is -2.29. The third-order valence-electron chi connectivity index (χ3n) is 3.21. The molecule has 0 aliphatic carbocycles. The Morgan fingerprint density at radius 1 is 1.47 bits per heavy atom. The monoisotopic (exact) mass is 275 g/mol. The highest BCUT2D eigenvalue weighted by Gasteiger charge is 2.27. The van der Waals surface area contributed by atoms with E-state index in [0.717, 1.165) is 11.8 Å². The Morgan fingerprint density at radius 2 is 2.32 bits per heavy atom. The number of nitrogens with one attached hydrogen (secondary N) is 1. The summed E-state index contributed by atoms with van der Waals surface area (Å²) >= 11 is 1.55. The topological polar surface area (TPSA) is 59.3 Å². The molecular formula is C14H13NO3S. The number of fused-ring (bicyclic) bond motifs is 1. The molecule has 1 N–H and O–H groups in total. The van der Waals surface area contributed by atoms with Gasteiger partial charge in [0, 0.05) is 5.75 Å². The molecule has 2 aromatic rings. The molecule has 2 unspecified atom stereocenters. The maximum absolute atomic E-state index is 12.5. The summed E-state index contributed by atoms with van der Waals surface area (Å²) in [5.74, 6) is 0.680. The molecule has 19 heavy (non-hydrogen) atoms. The third kappa shape index (κ3) is 2.19. The first kappa shape index (κ1) is 12.4. The Balaban J connectivity index is 2.08. The molecule has 0 amide bonds. The number of hydrogen-bond donors (Lipinski definition) is 1. The molecule has 2 heterocycles. The summed E-state index contributed by atoms with van der Waals surface area (Å²) in [6.45, 7) is 1.94. The van der Waals surface area contributed by atoms with Crippen LogP contribution in [0.4, 0.5) is 0 Å². The van der Waals surface area contributed by atoms with Crippen molar-refractivity contribution in [3.8, 4) is 0 Å². The van der Waals surface area contributed by atoms with Gasteiger partial charge in [-0.2, -0.15) is 0 Å². The number of aldehydes is 1. The van der Waals surface area contributed by atoms with E-state index in [1.807, 2.05) is 19.1 Å². The Labute approximate surface area is 114 Å². The van der Waals surface area contributed by atoms with E-state index in [0.29, 0.717) is 22.3 Å². The lowest BCUT2D eigenvalue weighted by atomic mass is 10.1. The quantitative estimate of drug-likeness (QED) is 0.850. The van der Waals surface area contributed by atoms with E-state index in [-0.39, 0.29) is 16.8 Å². The zero-order valence-corrected chi connectivity index (χ0v) is 11.2. The number of benzene rings is 1. The molecule has 1 aliphatic heterocycles. The lowest BCUT2D eigenvalue weighted by molar-refractivity contribution is -0.109. The van der Waals surface area contributed by atoms with Crippen molar-refractivity contribution in [1.29, 1.82) is 0 Å². The maximum Gasteiger partial charge on any atom is 0.198 e. The number of carbonyl (C=O) groups is 1. The first-order valence-corrected chi connectivity index (χ1v) is 7.09. The number of thioether (sulfide) groups is 1. The van der Waals surface area contributed by atoms with Crippen LogP contribution in [0.25, 0.3) is 11.0 Å². The molecule has 3 rings (SSSR count). The standard InChI is InChI=1S/C14H13NO3S/c1-8-2-3-12-10(4-8)13(17)11(6-18-12)14-15-9(5-16)7-19-14/h2-6,9,14-15H,7H2,1H3. The highest BCUT2D eigenvalue weighted by molar-refractivity contribution is 7.99. The molecule has 98 valence electrons. The van der Waals surface area contributed by atoms with Crippen LogP contribution in [0.3, 0.4) is 0 Å². The minimum atomic E-state index is -0.192. The van der Waals surface area contributed by atoms with Gasteiger partial charge in [-0.3, -0.25) is 10.1 Å². The lowest BCUT2D eigenvalue weighted by Gasteiger charge is -2.10. The van der Waals surface area contributed by atoms with Gasteiger partial charge in [0.15, 0.2) is 5.43 Å². The van der Waals surface area contributed by atoms with Crippen LogP contribution in [0.15, 0.2) is 33.7 Å². The molecule has 5 heteroatoms. The number of hydrogen-bond acceptors (Lipinski definition) is 5. The number of rotatable bonds is 2. The van der Waals surface area contributed by atoms with Crippen LogP contribution in [0.5, 0.6) is 0 Å². The largest absolute Gasteiger partial charge is 0.464 e. The first-order chi connectivity index (χ1) is 9.19. The van der Waals surface area contributed by atoms with Crippen LogP contribution in [-0.4, -0.2) is 18.1 Å². The SMILES string of the molecule is Cc1ccc2occ(C3NC(C=O)CS3)c(=O)c2c1. The van der Waals surface area contributed by atoms with Crippen LogP contribution in [0, 0.1) is 6.92 Å². The molecule has 0 saturated carbocycles. The second-order valence-corrected chi connectivity index (χ2v) is 5.78. The van der Waals surface area contributed by atoms with E-state index in [2.05, 4.69) is 5.32 Å². The van der Waals surface area contributed by atoms with Gasteiger partial charge in [-0.05, 0) is 19.1 Å². The Bertz CT molecular complexity index is 695. The zero-order valence-electron chi connectivity index (χ0n) is 10.4. The van der Waals surface area contributed by atoms with Crippen molar-refractivity contribution in [2.24, 2.45) is 0 Å². The summed E-state index contributed by atoms with van der Waals surface area (Å²) in [4.78, 5) is 23.2. The molecule has 1 saturated heterocycles. The van der Waals surface area contributed by atoms with Crippen molar-refractivity contribution in [1.82, 2.24) is 5.32 Å². The molecule has 0 bridgehead atoms. The Kier molecular flexibility index (Phi) is 3.16. The molecule has 4 nitrogen and oxygen atoms in total. The van der Waals surface area contributed by atoms with Crippen molar-refractivity contribution < 1.29 is 9.21 Å². The van der Waals surface area contributed by atoms with Gasteiger partial charge in [0.25, 0.3) is 0 Å². The van der Waals surface area contributed by atoms with Gasteiger partial charge in [0.2, 0.25) is 0 Å². The van der Waals surface area contributed by atoms with Crippen LogP contribution in [-0.2, 0) is 4.79 Å². The number of aryl methyl sites for hydroxylation is 1. The molecule has 0 spiro atoms. The minimum absolute atomic E-state index is 0.0264. The predicted molar refractivity (Wildman–Crippen MR) is 75.4 cm³/mol.